The maximum absolute atomic E-state index is 11.2. The lowest BCUT2D eigenvalue weighted by Crippen LogP contribution is -2.34. The highest BCUT2D eigenvalue weighted by atomic mass is 16.4. The average Bonchev–Trinajstić information content (AvgIpc) is 2.07. The van der Waals surface area contributed by atoms with Gasteiger partial charge in [-0.2, -0.15) is 0 Å². The topological polar surface area (TPSA) is 54.4 Å². The van der Waals surface area contributed by atoms with Crippen molar-refractivity contribution in [1.29, 1.82) is 0 Å². The van der Waals surface area contributed by atoms with Crippen molar-refractivity contribution in [2.75, 3.05) is 0 Å². The molecule has 0 aliphatic heterocycles. The van der Waals surface area contributed by atoms with Gasteiger partial charge in [0.2, 0.25) is 0 Å². The Balaban J connectivity index is 2.71. The van der Waals surface area contributed by atoms with Crippen LogP contribution in [0.5, 0.6) is 0 Å². The van der Waals surface area contributed by atoms with E-state index in [1.54, 1.807) is 6.92 Å². The quantitative estimate of drug-likeness (QED) is 0.779. The number of carboxylic acids is 1. The number of ketones is 1. The maximum Gasteiger partial charge on any atom is 0.303 e. The number of carbonyl (C=O) groups excluding carboxylic acids is 1. The van der Waals surface area contributed by atoms with Crippen LogP contribution in [-0.4, -0.2) is 16.9 Å². The zero-order valence-electron chi connectivity index (χ0n) is 9.58. The highest BCUT2D eigenvalue weighted by Gasteiger charge is 2.38. The van der Waals surface area contributed by atoms with Crippen molar-refractivity contribution in [3.8, 4) is 0 Å². The van der Waals surface area contributed by atoms with E-state index in [2.05, 4.69) is 6.92 Å². The first-order valence-corrected chi connectivity index (χ1v) is 5.65. The third-order valence-electron chi connectivity index (χ3n) is 3.61. The second-order valence-electron chi connectivity index (χ2n) is 5.07. The number of carbonyl (C=O) groups is 2. The van der Waals surface area contributed by atoms with Gasteiger partial charge in [-0.15, -0.1) is 0 Å². The normalized spacial score (nSPS) is 31.2. The van der Waals surface area contributed by atoms with Gasteiger partial charge in [0.1, 0.15) is 5.78 Å². The fourth-order valence-corrected chi connectivity index (χ4v) is 2.83. The second kappa shape index (κ2) is 4.77. The number of hydrogen-bond donors (Lipinski definition) is 1. The van der Waals surface area contributed by atoms with Gasteiger partial charge in [-0.25, -0.2) is 0 Å². The number of aliphatic carboxylic acids is 1. The summed E-state index contributed by atoms with van der Waals surface area (Å²) in [6.45, 7) is 3.67. The third-order valence-corrected chi connectivity index (χ3v) is 3.61. The van der Waals surface area contributed by atoms with Crippen molar-refractivity contribution < 1.29 is 14.7 Å². The number of carboxylic acid groups (broad SMARTS) is 1. The van der Waals surface area contributed by atoms with Crippen molar-refractivity contribution in [2.24, 2.45) is 11.3 Å². The van der Waals surface area contributed by atoms with Crippen LogP contribution in [0, 0.1) is 11.3 Å². The zero-order valence-corrected chi connectivity index (χ0v) is 9.58. The molecule has 3 nitrogen and oxygen atoms in total. The lowest BCUT2D eigenvalue weighted by atomic mass is 9.64. The molecule has 0 radical (unpaired) electrons. The smallest absolute Gasteiger partial charge is 0.303 e. The molecule has 1 aliphatic carbocycles. The molecule has 0 aromatic rings. The maximum atomic E-state index is 11.2. The van der Waals surface area contributed by atoms with Gasteiger partial charge in [0.25, 0.3) is 0 Å². The van der Waals surface area contributed by atoms with Gasteiger partial charge >= 0.3 is 5.97 Å². The van der Waals surface area contributed by atoms with Gasteiger partial charge in [0.05, 0.1) is 0 Å². The molecule has 0 aromatic heterocycles. The van der Waals surface area contributed by atoms with E-state index >= 15 is 0 Å². The van der Waals surface area contributed by atoms with Crippen molar-refractivity contribution in [3.63, 3.8) is 0 Å². The molecule has 1 N–H and O–H groups in total. The fraction of sp³-hybridized carbons (Fsp3) is 0.833. The number of rotatable bonds is 4. The lowest BCUT2D eigenvalue weighted by Gasteiger charge is -2.40. The first kappa shape index (κ1) is 12.2. The fourth-order valence-electron chi connectivity index (χ4n) is 2.83. The summed E-state index contributed by atoms with van der Waals surface area (Å²) in [7, 11) is 0. The van der Waals surface area contributed by atoms with E-state index in [1.807, 2.05) is 0 Å². The first-order chi connectivity index (χ1) is 6.94. The molecule has 0 heterocycles. The predicted octanol–water partition coefficient (Wildman–Crippen LogP) is 2.64. The molecule has 86 valence electrons. The molecule has 1 aliphatic rings. The van der Waals surface area contributed by atoms with Crippen molar-refractivity contribution in [3.05, 3.63) is 0 Å². The summed E-state index contributed by atoms with van der Waals surface area (Å²) in [6.07, 6.45) is 4.92. The second-order valence-corrected chi connectivity index (χ2v) is 5.07. The van der Waals surface area contributed by atoms with Crippen LogP contribution in [0.1, 0.15) is 52.4 Å². The van der Waals surface area contributed by atoms with Crippen LogP contribution >= 0.6 is 0 Å². The van der Waals surface area contributed by atoms with E-state index in [0.29, 0.717) is 6.42 Å². The van der Waals surface area contributed by atoms with Crippen molar-refractivity contribution in [1.82, 2.24) is 0 Å². The van der Waals surface area contributed by atoms with E-state index in [9.17, 15) is 9.59 Å². The van der Waals surface area contributed by atoms with E-state index < -0.39 is 5.97 Å². The summed E-state index contributed by atoms with van der Waals surface area (Å²) < 4.78 is 0. The Morgan fingerprint density at radius 3 is 2.60 bits per heavy atom. The summed E-state index contributed by atoms with van der Waals surface area (Å²) in [4.78, 5) is 22.0. The summed E-state index contributed by atoms with van der Waals surface area (Å²) in [5, 5.41) is 8.85. The molecule has 0 unspecified atom stereocenters. The number of hydrogen-bond acceptors (Lipinski definition) is 2. The van der Waals surface area contributed by atoms with Gasteiger partial charge in [-0.05, 0) is 31.1 Å². The van der Waals surface area contributed by atoms with E-state index in [0.717, 1.165) is 25.7 Å². The van der Waals surface area contributed by atoms with Gasteiger partial charge < -0.3 is 9.90 Å². The van der Waals surface area contributed by atoms with Crippen LogP contribution in [0.3, 0.4) is 0 Å². The Hall–Kier alpha value is -0.860. The SMILES string of the molecule is CC(=O)C[C@@]1(C)CCCC[C@@H]1CC(=O)O. The highest BCUT2D eigenvalue weighted by molar-refractivity contribution is 5.76. The Bertz CT molecular complexity index is 260. The van der Waals surface area contributed by atoms with E-state index in [-0.39, 0.29) is 23.5 Å². The Kier molecular flexibility index (Phi) is 3.89. The monoisotopic (exact) mass is 212 g/mol. The predicted molar refractivity (Wildman–Crippen MR) is 57.6 cm³/mol. The molecule has 0 spiro atoms. The van der Waals surface area contributed by atoms with Gasteiger partial charge in [-0.1, -0.05) is 19.8 Å². The molecule has 0 saturated heterocycles. The molecule has 3 heteroatoms. The summed E-state index contributed by atoms with van der Waals surface area (Å²) in [5.74, 6) is -0.390. The standard InChI is InChI=1S/C12H20O3/c1-9(13)8-12(2)6-4-3-5-10(12)7-11(14)15/h10H,3-8H2,1-2H3,(H,14,15)/t10-,12-/m1/s1. The van der Waals surface area contributed by atoms with Crippen molar-refractivity contribution >= 4 is 11.8 Å². The van der Waals surface area contributed by atoms with Crippen LogP contribution in [0.2, 0.25) is 0 Å². The Morgan fingerprint density at radius 2 is 2.07 bits per heavy atom. The molecule has 1 saturated carbocycles. The van der Waals surface area contributed by atoms with Crippen LogP contribution in [0.25, 0.3) is 0 Å². The minimum atomic E-state index is -0.739. The third kappa shape index (κ3) is 3.33. The minimum absolute atomic E-state index is 0.0809. The van der Waals surface area contributed by atoms with Gasteiger partial charge in [0.15, 0.2) is 0 Å². The Labute approximate surface area is 90.9 Å². The molecule has 15 heavy (non-hydrogen) atoms. The van der Waals surface area contributed by atoms with Crippen LogP contribution < -0.4 is 0 Å². The van der Waals surface area contributed by atoms with Gasteiger partial charge in [-0.3, -0.25) is 4.79 Å². The van der Waals surface area contributed by atoms with E-state index in [1.165, 1.54) is 0 Å². The molecule has 1 fully saturated rings. The van der Waals surface area contributed by atoms with Crippen molar-refractivity contribution in [2.45, 2.75) is 52.4 Å². The van der Waals surface area contributed by atoms with Gasteiger partial charge in [0, 0.05) is 12.8 Å². The molecule has 0 amide bonds. The molecule has 1 rings (SSSR count). The highest BCUT2D eigenvalue weighted by Crippen LogP contribution is 2.45. The summed E-state index contributed by atoms with van der Waals surface area (Å²) >= 11 is 0. The molecular weight excluding hydrogens is 192 g/mol. The van der Waals surface area contributed by atoms with E-state index in [4.69, 9.17) is 5.11 Å². The van der Waals surface area contributed by atoms with Crippen LogP contribution in [0.4, 0.5) is 0 Å². The Morgan fingerprint density at radius 1 is 1.40 bits per heavy atom. The van der Waals surface area contributed by atoms with Crippen LogP contribution in [0.15, 0.2) is 0 Å². The number of Topliss-reactive ketones (excluding diaryl/α,β-unsaturated/α-hetero) is 1. The lowest BCUT2D eigenvalue weighted by molar-refractivity contribution is -0.140. The summed E-state index contributed by atoms with van der Waals surface area (Å²) in [6, 6.07) is 0. The zero-order chi connectivity index (χ0) is 11.5. The molecule has 0 aromatic carbocycles. The van der Waals surface area contributed by atoms with Crippen LogP contribution in [-0.2, 0) is 9.59 Å². The first-order valence-electron chi connectivity index (χ1n) is 5.65. The summed E-state index contributed by atoms with van der Waals surface area (Å²) in [5.41, 5.74) is -0.0809. The molecule has 2 atom stereocenters. The average molecular weight is 212 g/mol. The minimum Gasteiger partial charge on any atom is -0.481 e. The molecular formula is C12H20O3. The molecule has 0 bridgehead atoms. The largest absolute Gasteiger partial charge is 0.481 e.